The van der Waals surface area contributed by atoms with Crippen molar-refractivity contribution in [2.75, 3.05) is 6.54 Å². The lowest BCUT2D eigenvalue weighted by Gasteiger charge is -2.14. The van der Waals surface area contributed by atoms with Crippen molar-refractivity contribution in [1.82, 2.24) is 15.1 Å². The summed E-state index contributed by atoms with van der Waals surface area (Å²) in [5.41, 5.74) is 1.87. The molecule has 0 radical (unpaired) electrons. The average Bonchev–Trinajstić information content (AvgIpc) is 2.71. The van der Waals surface area contributed by atoms with Crippen molar-refractivity contribution in [2.24, 2.45) is 5.92 Å². The molecule has 1 aromatic heterocycles. The molecule has 1 unspecified atom stereocenters. The van der Waals surface area contributed by atoms with Crippen LogP contribution in [0, 0.1) is 19.8 Å². The number of carbonyl (C=O) groups excluding carboxylic acids is 1. The summed E-state index contributed by atoms with van der Waals surface area (Å²) in [6.45, 7) is 6.67. The summed E-state index contributed by atoms with van der Waals surface area (Å²) >= 11 is 0. The fraction of sp³-hybridized carbons (Fsp3) is 0.667. The third-order valence-electron chi connectivity index (χ3n) is 3.62. The van der Waals surface area contributed by atoms with Gasteiger partial charge < -0.3 is 10.4 Å². The molecule has 1 atom stereocenters. The number of rotatable bonds is 9. The Morgan fingerprint density at radius 1 is 1.38 bits per heavy atom. The first-order valence-corrected chi connectivity index (χ1v) is 7.42. The Bertz CT molecular complexity index is 483. The van der Waals surface area contributed by atoms with Crippen LogP contribution in [0.25, 0.3) is 0 Å². The van der Waals surface area contributed by atoms with Gasteiger partial charge in [0.15, 0.2) is 0 Å². The van der Waals surface area contributed by atoms with E-state index in [2.05, 4.69) is 10.4 Å². The number of hydrogen-bond acceptors (Lipinski definition) is 3. The van der Waals surface area contributed by atoms with Crippen LogP contribution in [-0.4, -0.2) is 33.3 Å². The molecule has 118 valence electrons. The zero-order valence-electron chi connectivity index (χ0n) is 13.1. The number of aryl methyl sites for hydroxylation is 2. The minimum Gasteiger partial charge on any atom is -0.481 e. The van der Waals surface area contributed by atoms with Crippen LogP contribution >= 0.6 is 0 Å². The molecule has 1 amide bonds. The summed E-state index contributed by atoms with van der Waals surface area (Å²) < 4.78 is 1.69. The number of nitrogens with zero attached hydrogens (tertiary/aromatic N) is 2. The van der Waals surface area contributed by atoms with Crippen molar-refractivity contribution in [3.63, 3.8) is 0 Å². The van der Waals surface area contributed by atoms with Gasteiger partial charge in [-0.05, 0) is 38.7 Å². The summed E-state index contributed by atoms with van der Waals surface area (Å²) in [4.78, 5) is 22.4. The van der Waals surface area contributed by atoms with Crippen molar-refractivity contribution >= 4 is 11.9 Å². The van der Waals surface area contributed by atoms with Crippen LogP contribution in [0.3, 0.4) is 0 Å². The number of carbonyl (C=O) groups is 2. The van der Waals surface area contributed by atoms with Gasteiger partial charge in [0.05, 0.1) is 5.69 Å². The van der Waals surface area contributed by atoms with Crippen molar-refractivity contribution in [1.29, 1.82) is 0 Å². The Balaban J connectivity index is 2.29. The first kappa shape index (κ1) is 17.2. The monoisotopic (exact) mass is 295 g/mol. The highest BCUT2D eigenvalue weighted by Gasteiger charge is 2.10. The molecular weight excluding hydrogens is 270 g/mol. The molecule has 0 saturated carbocycles. The second-order valence-electron chi connectivity index (χ2n) is 5.43. The van der Waals surface area contributed by atoms with Crippen molar-refractivity contribution < 1.29 is 14.7 Å². The largest absolute Gasteiger partial charge is 0.481 e. The highest BCUT2D eigenvalue weighted by molar-refractivity contribution is 5.75. The van der Waals surface area contributed by atoms with E-state index in [-0.39, 0.29) is 18.9 Å². The summed E-state index contributed by atoms with van der Waals surface area (Å²) in [7, 11) is 0. The predicted octanol–water partition coefficient (Wildman–Crippen LogP) is 1.90. The molecule has 0 saturated heterocycles. The van der Waals surface area contributed by atoms with Gasteiger partial charge in [-0.1, -0.05) is 13.3 Å². The van der Waals surface area contributed by atoms with Crippen LogP contribution in [0.2, 0.25) is 0 Å². The maximum atomic E-state index is 11.8. The number of aliphatic carboxylic acids is 1. The van der Waals surface area contributed by atoms with Crippen LogP contribution in [0.5, 0.6) is 0 Å². The maximum absolute atomic E-state index is 11.8. The Hall–Kier alpha value is -1.85. The normalized spacial score (nSPS) is 12.1. The van der Waals surface area contributed by atoms with Gasteiger partial charge in [0.2, 0.25) is 5.91 Å². The third kappa shape index (κ3) is 6.42. The summed E-state index contributed by atoms with van der Waals surface area (Å²) in [6.07, 6.45) is 2.60. The van der Waals surface area contributed by atoms with Gasteiger partial charge in [0, 0.05) is 18.7 Å². The lowest BCUT2D eigenvalue weighted by atomic mass is 9.97. The highest BCUT2D eigenvalue weighted by atomic mass is 16.4. The molecule has 1 heterocycles. The SMILES string of the molecule is CCC(CCNC(=O)Cn1nc(C)cc1C)CCC(=O)O. The van der Waals surface area contributed by atoms with Gasteiger partial charge in [-0.25, -0.2) is 0 Å². The number of hydrogen-bond donors (Lipinski definition) is 2. The van der Waals surface area contributed by atoms with Crippen LogP contribution in [0.1, 0.15) is 44.0 Å². The van der Waals surface area contributed by atoms with Crippen molar-refractivity contribution in [3.05, 3.63) is 17.5 Å². The maximum Gasteiger partial charge on any atom is 0.303 e. The smallest absolute Gasteiger partial charge is 0.303 e. The molecule has 1 aromatic rings. The molecule has 0 bridgehead atoms. The van der Waals surface area contributed by atoms with Gasteiger partial charge in [-0.2, -0.15) is 5.10 Å². The van der Waals surface area contributed by atoms with Crippen molar-refractivity contribution in [3.8, 4) is 0 Å². The van der Waals surface area contributed by atoms with E-state index in [1.807, 2.05) is 26.8 Å². The Morgan fingerprint density at radius 3 is 2.62 bits per heavy atom. The molecule has 1 rings (SSSR count). The van der Waals surface area contributed by atoms with E-state index < -0.39 is 5.97 Å². The fourth-order valence-corrected chi connectivity index (χ4v) is 2.32. The predicted molar refractivity (Wildman–Crippen MR) is 80.0 cm³/mol. The number of carboxylic acid groups (broad SMARTS) is 1. The Morgan fingerprint density at radius 2 is 2.10 bits per heavy atom. The molecule has 21 heavy (non-hydrogen) atoms. The molecule has 0 spiro atoms. The van der Waals surface area contributed by atoms with Crippen molar-refractivity contribution in [2.45, 2.75) is 53.0 Å². The van der Waals surface area contributed by atoms with Gasteiger partial charge in [-0.15, -0.1) is 0 Å². The van der Waals surface area contributed by atoms with Gasteiger partial charge >= 0.3 is 5.97 Å². The summed E-state index contributed by atoms with van der Waals surface area (Å²) in [5, 5.41) is 15.8. The zero-order valence-corrected chi connectivity index (χ0v) is 13.1. The minimum atomic E-state index is -0.762. The average molecular weight is 295 g/mol. The van der Waals surface area contributed by atoms with Gasteiger partial charge in [-0.3, -0.25) is 14.3 Å². The first-order valence-electron chi connectivity index (χ1n) is 7.42. The van der Waals surface area contributed by atoms with Crippen LogP contribution in [0.4, 0.5) is 0 Å². The molecule has 0 aromatic carbocycles. The number of carboxylic acids is 1. The van der Waals surface area contributed by atoms with Crippen LogP contribution < -0.4 is 5.32 Å². The molecule has 0 aliphatic carbocycles. The summed E-state index contributed by atoms with van der Waals surface area (Å²) in [6, 6.07) is 1.94. The van der Waals surface area contributed by atoms with E-state index in [0.717, 1.165) is 24.2 Å². The standard InChI is InChI=1S/C15H25N3O3/c1-4-13(5-6-15(20)21)7-8-16-14(19)10-18-12(3)9-11(2)17-18/h9,13H,4-8,10H2,1-3H3,(H,16,19)(H,20,21). The fourth-order valence-electron chi connectivity index (χ4n) is 2.32. The van der Waals surface area contributed by atoms with E-state index in [9.17, 15) is 9.59 Å². The third-order valence-corrected chi connectivity index (χ3v) is 3.62. The molecular formula is C15H25N3O3. The molecule has 2 N–H and O–H groups in total. The molecule has 0 aliphatic rings. The second kappa shape index (κ2) is 8.44. The number of amides is 1. The van der Waals surface area contributed by atoms with Gasteiger partial charge in [0.25, 0.3) is 0 Å². The van der Waals surface area contributed by atoms with Crippen LogP contribution in [0.15, 0.2) is 6.07 Å². The van der Waals surface area contributed by atoms with E-state index in [1.165, 1.54) is 0 Å². The van der Waals surface area contributed by atoms with Gasteiger partial charge in [0.1, 0.15) is 6.54 Å². The van der Waals surface area contributed by atoms with E-state index in [1.54, 1.807) is 4.68 Å². The second-order valence-corrected chi connectivity index (χ2v) is 5.43. The minimum absolute atomic E-state index is 0.0608. The topological polar surface area (TPSA) is 84.2 Å². The van der Waals surface area contributed by atoms with E-state index in [0.29, 0.717) is 18.9 Å². The first-order chi connectivity index (χ1) is 9.92. The number of aromatic nitrogens is 2. The molecule has 6 nitrogen and oxygen atoms in total. The lowest BCUT2D eigenvalue weighted by molar-refractivity contribution is -0.137. The van der Waals surface area contributed by atoms with E-state index in [4.69, 9.17) is 5.11 Å². The number of nitrogens with one attached hydrogen (secondary N) is 1. The van der Waals surface area contributed by atoms with E-state index >= 15 is 0 Å². The summed E-state index contributed by atoms with van der Waals surface area (Å²) in [5.74, 6) is -0.480. The molecule has 6 heteroatoms. The lowest BCUT2D eigenvalue weighted by Crippen LogP contribution is -2.30. The zero-order chi connectivity index (χ0) is 15.8. The van der Waals surface area contributed by atoms with Crippen LogP contribution in [-0.2, 0) is 16.1 Å². The Labute approximate surface area is 125 Å². The Kier molecular flexibility index (Phi) is 6.91. The highest BCUT2D eigenvalue weighted by Crippen LogP contribution is 2.14. The quantitative estimate of drug-likeness (QED) is 0.728. The molecule has 0 aliphatic heterocycles. The molecule has 0 fully saturated rings.